The number of thiophene rings is 1. The molecule has 1 N–H and O–H groups in total. The van der Waals surface area contributed by atoms with Gasteiger partial charge in [-0.25, -0.2) is 0 Å². The highest BCUT2D eigenvalue weighted by Gasteiger charge is 2.24. The lowest BCUT2D eigenvalue weighted by Crippen LogP contribution is -2.49. The third kappa shape index (κ3) is 6.15. The van der Waals surface area contributed by atoms with Crippen molar-refractivity contribution >= 4 is 34.7 Å². The summed E-state index contributed by atoms with van der Waals surface area (Å²) < 4.78 is 10.7. The molecule has 3 aromatic heterocycles. The quantitative estimate of drug-likeness (QED) is 0.351. The average Bonchev–Trinajstić information content (AvgIpc) is 3.48. The molecule has 1 aromatic carbocycles. The standard InChI is InChI=1S/C28H28N6O4S/c1-3-38-23-14-19(16-29-17-23)20-15-25(39-18-20)28(36)34-12-10-33(11-13-34)26-9-8-24(31-32-26)27(35)30-21-4-6-22(37-2)7-5-21/h4-9,14-18H,3,10-13H2,1-2H3,(H,30,35). The number of anilines is 2. The van der Waals surface area contributed by atoms with Gasteiger partial charge in [-0.2, -0.15) is 0 Å². The third-order valence-corrected chi connectivity index (χ3v) is 7.21. The summed E-state index contributed by atoms with van der Waals surface area (Å²) in [5.74, 6) is 1.75. The molecule has 39 heavy (non-hydrogen) atoms. The molecule has 0 saturated carbocycles. The van der Waals surface area contributed by atoms with Crippen molar-refractivity contribution in [3.05, 3.63) is 76.9 Å². The lowest BCUT2D eigenvalue weighted by Gasteiger charge is -2.35. The summed E-state index contributed by atoms with van der Waals surface area (Å²) in [4.78, 5) is 34.5. The van der Waals surface area contributed by atoms with Gasteiger partial charge in [0.1, 0.15) is 11.5 Å². The minimum Gasteiger partial charge on any atom is -0.497 e. The number of ether oxygens (including phenoxy) is 2. The maximum absolute atomic E-state index is 13.2. The van der Waals surface area contributed by atoms with Crippen molar-refractivity contribution in [3.63, 3.8) is 0 Å². The monoisotopic (exact) mass is 544 g/mol. The van der Waals surface area contributed by atoms with E-state index in [0.29, 0.717) is 60.7 Å². The van der Waals surface area contributed by atoms with Crippen LogP contribution in [0.15, 0.2) is 66.3 Å². The van der Waals surface area contributed by atoms with Gasteiger partial charge in [0.25, 0.3) is 11.8 Å². The first-order chi connectivity index (χ1) is 19.0. The first-order valence-electron chi connectivity index (χ1n) is 12.5. The van der Waals surface area contributed by atoms with Crippen LogP contribution in [-0.4, -0.2) is 71.8 Å². The Morgan fingerprint density at radius 2 is 1.74 bits per heavy atom. The molecule has 0 spiro atoms. The summed E-state index contributed by atoms with van der Waals surface area (Å²) in [6.07, 6.45) is 3.45. The molecule has 11 heteroatoms. The Morgan fingerprint density at radius 3 is 2.44 bits per heavy atom. The summed E-state index contributed by atoms with van der Waals surface area (Å²) in [6, 6.07) is 14.3. The number of benzene rings is 1. The van der Waals surface area contributed by atoms with Crippen molar-refractivity contribution in [2.24, 2.45) is 0 Å². The molecular formula is C28H28N6O4S. The zero-order valence-electron chi connectivity index (χ0n) is 21.7. The van der Waals surface area contributed by atoms with Crippen molar-refractivity contribution in [1.82, 2.24) is 20.1 Å². The van der Waals surface area contributed by atoms with Gasteiger partial charge in [0, 0.05) is 43.6 Å². The molecule has 0 aliphatic carbocycles. The molecule has 10 nitrogen and oxygen atoms in total. The van der Waals surface area contributed by atoms with E-state index < -0.39 is 0 Å². The number of aromatic nitrogens is 3. The van der Waals surface area contributed by atoms with Gasteiger partial charge >= 0.3 is 0 Å². The van der Waals surface area contributed by atoms with Crippen LogP contribution in [0.2, 0.25) is 0 Å². The van der Waals surface area contributed by atoms with E-state index in [0.717, 1.165) is 11.1 Å². The van der Waals surface area contributed by atoms with Gasteiger partial charge in [-0.3, -0.25) is 14.6 Å². The lowest BCUT2D eigenvalue weighted by atomic mass is 10.1. The second-order valence-electron chi connectivity index (χ2n) is 8.78. The van der Waals surface area contributed by atoms with Gasteiger partial charge in [0.15, 0.2) is 11.5 Å². The summed E-state index contributed by atoms with van der Waals surface area (Å²) in [5, 5.41) is 13.1. The fourth-order valence-corrected chi connectivity index (χ4v) is 5.08. The van der Waals surface area contributed by atoms with Crippen LogP contribution < -0.4 is 19.7 Å². The summed E-state index contributed by atoms with van der Waals surface area (Å²) in [7, 11) is 1.59. The van der Waals surface area contributed by atoms with Crippen LogP contribution in [0.3, 0.4) is 0 Å². The van der Waals surface area contributed by atoms with Gasteiger partial charge in [0.2, 0.25) is 0 Å². The minimum atomic E-state index is -0.342. The van der Waals surface area contributed by atoms with E-state index in [1.54, 1.807) is 55.9 Å². The van der Waals surface area contributed by atoms with Crippen molar-refractivity contribution in [3.8, 4) is 22.6 Å². The molecule has 0 bridgehead atoms. The van der Waals surface area contributed by atoms with E-state index >= 15 is 0 Å². The van der Waals surface area contributed by atoms with Crippen LogP contribution in [0.25, 0.3) is 11.1 Å². The van der Waals surface area contributed by atoms with Gasteiger partial charge in [-0.1, -0.05) is 0 Å². The SMILES string of the molecule is CCOc1cncc(-c2csc(C(=O)N3CCN(c4ccc(C(=O)Nc5ccc(OC)cc5)nn4)CC3)c2)c1. The van der Waals surface area contributed by atoms with Gasteiger partial charge in [0.05, 0.1) is 24.8 Å². The van der Waals surface area contributed by atoms with Crippen molar-refractivity contribution in [2.75, 3.05) is 50.1 Å². The Morgan fingerprint density at radius 1 is 0.949 bits per heavy atom. The molecule has 0 atom stereocenters. The van der Waals surface area contributed by atoms with Crippen LogP contribution in [0.4, 0.5) is 11.5 Å². The van der Waals surface area contributed by atoms with E-state index in [4.69, 9.17) is 9.47 Å². The number of rotatable bonds is 8. The molecule has 1 saturated heterocycles. The number of nitrogens with one attached hydrogen (secondary N) is 1. The maximum Gasteiger partial charge on any atom is 0.276 e. The van der Waals surface area contributed by atoms with Crippen molar-refractivity contribution < 1.29 is 19.1 Å². The van der Waals surface area contributed by atoms with Crippen molar-refractivity contribution in [1.29, 1.82) is 0 Å². The Kier molecular flexibility index (Phi) is 7.97. The largest absolute Gasteiger partial charge is 0.497 e. The molecule has 5 rings (SSSR count). The summed E-state index contributed by atoms with van der Waals surface area (Å²) in [5.41, 5.74) is 2.73. The maximum atomic E-state index is 13.2. The zero-order chi connectivity index (χ0) is 27.2. The average molecular weight is 545 g/mol. The predicted molar refractivity (Wildman–Crippen MR) is 150 cm³/mol. The lowest BCUT2D eigenvalue weighted by molar-refractivity contribution is 0.0751. The number of hydrogen-bond acceptors (Lipinski definition) is 9. The fraction of sp³-hybridized carbons (Fsp3) is 0.250. The number of methoxy groups -OCH3 is 1. The minimum absolute atomic E-state index is 0.0106. The Balaban J connectivity index is 1.15. The molecule has 1 aliphatic heterocycles. The molecule has 4 heterocycles. The number of amides is 2. The molecule has 2 amide bonds. The predicted octanol–water partition coefficient (Wildman–Crippen LogP) is 4.22. The molecular weight excluding hydrogens is 516 g/mol. The smallest absolute Gasteiger partial charge is 0.276 e. The number of carbonyl (C=O) groups excluding carboxylic acids is 2. The van der Waals surface area contributed by atoms with E-state index in [9.17, 15) is 9.59 Å². The number of carbonyl (C=O) groups is 2. The Hall–Kier alpha value is -4.51. The molecule has 200 valence electrons. The van der Waals surface area contributed by atoms with Gasteiger partial charge in [-0.15, -0.1) is 21.5 Å². The Bertz CT molecular complexity index is 1430. The molecule has 1 aliphatic rings. The van der Waals surface area contributed by atoms with Crippen LogP contribution >= 0.6 is 11.3 Å². The molecule has 0 radical (unpaired) electrons. The van der Waals surface area contributed by atoms with Crippen LogP contribution in [0.1, 0.15) is 27.1 Å². The molecule has 4 aromatic rings. The van der Waals surface area contributed by atoms with Crippen molar-refractivity contribution in [2.45, 2.75) is 6.92 Å². The number of pyridine rings is 1. The van der Waals surface area contributed by atoms with E-state index in [-0.39, 0.29) is 17.5 Å². The molecule has 1 fully saturated rings. The first kappa shape index (κ1) is 26.1. The first-order valence-corrected chi connectivity index (χ1v) is 13.4. The normalized spacial score (nSPS) is 13.2. The second-order valence-corrected chi connectivity index (χ2v) is 9.69. The zero-order valence-corrected chi connectivity index (χ0v) is 22.5. The van der Waals surface area contributed by atoms with Crippen LogP contribution in [-0.2, 0) is 0 Å². The highest BCUT2D eigenvalue weighted by molar-refractivity contribution is 7.12. The second kappa shape index (κ2) is 11.9. The number of piperazine rings is 1. The van der Waals surface area contributed by atoms with Crippen LogP contribution in [0, 0.1) is 0 Å². The van der Waals surface area contributed by atoms with E-state index in [2.05, 4.69) is 25.4 Å². The number of nitrogens with zero attached hydrogens (tertiary/aromatic N) is 5. The summed E-state index contributed by atoms with van der Waals surface area (Å²) >= 11 is 1.43. The summed E-state index contributed by atoms with van der Waals surface area (Å²) in [6.45, 7) is 4.87. The topological polar surface area (TPSA) is 110 Å². The fourth-order valence-electron chi connectivity index (χ4n) is 4.20. The third-order valence-electron chi connectivity index (χ3n) is 6.29. The van der Waals surface area contributed by atoms with Gasteiger partial charge in [-0.05, 0) is 66.4 Å². The van der Waals surface area contributed by atoms with Crippen LogP contribution in [0.5, 0.6) is 11.5 Å². The van der Waals surface area contributed by atoms with Gasteiger partial charge < -0.3 is 24.6 Å². The molecule has 0 unspecified atom stereocenters. The highest BCUT2D eigenvalue weighted by Crippen LogP contribution is 2.28. The highest BCUT2D eigenvalue weighted by atomic mass is 32.1. The Labute approximate surface area is 230 Å². The number of hydrogen-bond donors (Lipinski definition) is 1. The van der Waals surface area contributed by atoms with E-state index in [1.165, 1.54) is 11.3 Å². The van der Waals surface area contributed by atoms with E-state index in [1.807, 2.05) is 29.3 Å².